The number of hydrogen-bond acceptors (Lipinski definition) is 2. The highest BCUT2D eigenvalue weighted by Gasteiger charge is 2.61. The smallest absolute Gasteiger partial charge is 0.207 e. The molecule has 2 unspecified atom stereocenters. The third-order valence-corrected chi connectivity index (χ3v) is 8.84. The molecule has 2 aromatic rings. The molecule has 0 heterocycles. The minimum Gasteiger partial charge on any atom is -0.207 e. The lowest BCUT2D eigenvalue weighted by Crippen LogP contribution is -2.65. The second-order valence-electron chi connectivity index (χ2n) is 10.4. The Morgan fingerprint density at radius 3 is 1.93 bits per heavy atom. The monoisotopic (exact) mass is 395 g/mol. The van der Waals surface area contributed by atoms with Gasteiger partial charge in [-0.3, -0.25) is 0 Å². The van der Waals surface area contributed by atoms with Gasteiger partial charge in [0.05, 0.1) is 4.90 Å². The number of benzene rings is 2. The van der Waals surface area contributed by atoms with Gasteiger partial charge in [-0.15, -0.1) is 0 Å². The van der Waals surface area contributed by atoms with Crippen molar-refractivity contribution in [2.24, 2.45) is 16.7 Å². The third kappa shape index (κ3) is 3.11. The summed E-state index contributed by atoms with van der Waals surface area (Å²) in [7, 11) is -3.53. The van der Waals surface area contributed by atoms with Gasteiger partial charge in [0.25, 0.3) is 0 Å². The SMILES string of the molecule is CC12CC3CC(C)(C1)CC(NS(=O)(=O)c1ccc(-c4ccccc4)cc1)(C3)C2. The number of sulfonamides is 1. The molecule has 0 radical (unpaired) electrons. The summed E-state index contributed by atoms with van der Waals surface area (Å²) < 4.78 is 29.7. The zero-order valence-electron chi connectivity index (χ0n) is 16.7. The van der Waals surface area contributed by atoms with Crippen molar-refractivity contribution in [3.63, 3.8) is 0 Å². The molecule has 6 rings (SSSR count). The third-order valence-electron chi connectivity index (χ3n) is 7.25. The van der Waals surface area contributed by atoms with Crippen LogP contribution in [0.3, 0.4) is 0 Å². The van der Waals surface area contributed by atoms with Crippen LogP contribution >= 0.6 is 0 Å². The van der Waals surface area contributed by atoms with E-state index < -0.39 is 10.0 Å². The van der Waals surface area contributed by atoms with E-state index in [2.05, 4.69) is 18.6 Å². The van der Waals surface area contributed by atoms with E-state index in [-0.39, 0.29) is 16.4 Å². The van der Waals surface area contributed by atoms with Gasteiger partial charge in [0.1, 0.15) is 0 Å². The van der Waals surface area contributed by atoms with Crippen LogP contribution in [0.4, 0.5) is 0 Å². The van der Waals surface area contributed by atoms with Crippen LogP contribution in [0, 0.1) is 16.7 Å². The maximum Gasteiger partial charge on any atom is 0.241 e. The Labute approximate surface area is 168 Å². The standard InChI is InChI=1S/C24H29NO2S/c1-22-12-18-13-23(2,15-22)17-24(14-18,16-22)25-28(26,27)21-10-8-20(9-11-21)19-6-4-3-5-7-19/h3-11,18,25H,12-17H2,1-2H3. The van der Waals surface area contributed by atoms with Gasteiger partial charge in [-0.1, -0.05) is 56.3 Å². The molecule has 1 N–H and O–H groups in total. The fourth-order valence-corrected chi connectivity index (χ4v) is 8.77. The summed E-state index contributed by atoms with van der Waals surface area (Å²) in [6, 6.07) is 17.4. The van der Waals surface area contributed by atoms with Crippen LogP contribution in [-0.4, -0.2) is 14.0 Å². The molecule has 4 aliphatic carbocycles. The van der Waals surface area contributed by atoms with Gasteiger partial charge < -0.3 is 0 Å². The molecule has 4 heteroatoms. The number of hydrogen-bond donors (Lipinski definition) is 1. The van der Waals surface area contributed by atoms with E-state index in [4.69, 9.17) is 0 Å². The largest absolute Gasteiger partial charge is 0.241 e. The molecule has 2 aromatic carbocycles. The average molecular weight is 396 g/mol. The normalized spacial score (nSPS) is 36.6. The van der Waals surface area contributed by atoms with Gasteiger partial charge in [-0.2, -0.15) is 0 Å². The Hall–Kier alpha value is -1.65. The Bertz CT molecular complexity index is 979. The maximum atomic E-state index is 13.3. The van der Waals surface area contributed by atoms with Crippen LogP contribution in [0.1, 0.15) is 52.4 Å². The summed E-state index contributed by atoms with van der Waals surface area (Å²) in [5.41, 5.74) is 2.44. The van der Waals surface area contributed by atoms with Crippen molar-refractivity contribution in [2.75, 3.05) is 0 Å². The van der Waals surface area contributed by atoms with E-state index in [9.17, 15) is 8.42 Å². The Morgan fingerprint density at radius 2 is 1.36 bits per heavy atom. The van der Waals surface area contributed by atoms with E-state index in [0.717, 1.165) is 30.4 Å². The minimum atomic E-state index is -3.53. The molecule has 0 spiro atoms. The summed E-state index contributed by atoms with van der Waals surface area (Å²) in [4.78, 5) is 0.373. The van der Waals surface area contributed by atoms with Gasteiger partial charge in [-0.05, 0) is 78.5 Å². The van der Waals surface area contributed by atoms with Crippen LogP contribution < -0.4 is 4.72 Å². The predicted octanol–water partition coefficient (Wildman–Crippen LogP) is 5.38. The van der Waals surface area contributed by atoms with Crippen molar-refractivity contribution in [3.8, 4) is 11.1 Å². The lowest BCUT2D eigenvalue weighted by atomic mass is 9.43. The number of rotatable bonds is 4. The minimum absolute atomic E-state index is 0.264. The Morgan fingerprint density at radius 1 is 0.786 bits per heavy atom. The van der Waals surface area contributed by atoms with Crippen molar-refractivity contribution in [1.82, 2.24) is 4.72 Å². The average Bonchev–Trinajstić information content (AvgIpc) is 2.58. The molecule has 148 valence electrons. The molecule has 28 heavy (non-hydrogen) atoms. The maximum absolute atomic E-state index is 13.3. The second-order valence-corrected chi connectivity index (χ2v) is 12.1. The molecule has 0 aromatic heterocycles. The van der Waals surface area contributed by atoms with Crippen LogP contribution in [0.25, 0.3) is 11.1 Å². The van der Waals surface area contributed by atoms with Gasteiger partial charge in [0.2, 0.25) is 10.0 Å². The van der Waals surface area contributed by atoms with Gasteiger partial charge >= 0.3 is 0 Å². The van der Waals surface area contributed by atoms with Crippen molar-refractivity contribution < 1.29 is 8.42 Å². The van der Waals surface area contributed by atoms with Crippen molar-refractivity contribution in [2.45, 2.75) is 62.8 Å². The first-order valence-corrected chi connectivity index (χ1v) is 11.9. The zero-order chi connectivity index (χ0) is 19.6. The highest BCUT2D eigenvalue weighted by molar-refractivity contribution is 7.89. The lowest BCUT2D eigenvalue weighted by molar-refractivity contribution is -0.110. The summed E-state index contributed by atoms with van der Waals surface area (Å²) >= 11 is 0. The topological polar surface area (TPSA) is 46.2 Å². The summed E-state index contributed by atoms with van der Waals surface area (Å²) in [5.74, 6) is 0.661. The van der Waals surface area contributed by atoms with Crippen LogP contribution in [-0.2, 0) is 10.0 Å². The van der Waals surface area contributed by atoms with Gasteiger partial charge in [-0.25, -0.2) is 13.1 Å². The van der Waals surface area contributed by atoms with Gasteiger partial charge in [0.15, 0.2) is 0 Å². The molecule has 4 saturated carbocycles. The summed E-state index contributed by atoms with van der Waals surface area (Å²) in [6.45, 7) is 4.74. The molecular weight excluding hydrogens is 366 g/mol. The first-order chi connectivity index (χ1) is 13.2. The fourth-order valence-electron chi connectivity index (χ4n) is 7.36. The molecule has 0 amide bonds. The van der Waals surface area contributed by atoms with Crippen LogP contribution in [0.2, 0.25) is 0 Å². The molecule has 0 aliphatic heterocycles. The van der Waals surface area contributed by atoms with E-state index in [1.54, 1.807) is 12.1 Å². The number of nitrogens with one attached hydrogen (secondary N) is 1. The summed E-state index contributed by atoms with van der Waals surface area (Å²) in [6.07, 6.45) is 6.72. The first kappa shape index (κ1) is 18.4. The molecule has 4 aliphatic rings. The molecule has 4 bridgehead atoms. The molecule has 2 atom stereocenters. The van der Waals surface area contributed by atoms with Crippen molar-refractivity contribution >= 4 is 10.0 Å². The van der Waals surface area contributed by atoms with Crippen molar-refractivity contribution in [1.29, 1.82) is 0 Å². The first-order valence-electron chi connectivity index (χ1n) is 10.4. The second kappa shape index (κ2) is 5.93. The van der Waals surface area contributed by atoms with E-state index >= 15 is 0 Å². The van der Waals surface area contributed by atoms with E-state index in [1.165, 1.54) is 19.3 Å². The fraction of sp³-hybridized carbons (Fsp3) is 0.500. The molecule has 4 fully saturated rings. The van der Waals surface area contributed by atoms with E-state index in [1.807, 2.05) is 42.5 Å². The molecule has 0 saturated heterocycles. The quantitative estimate of drug-likeness (QED) is 0.755. The van der Waals surface area contributed by atoms with Crippen LogP contribution in [0.5, 0.6) is 0 Å². The van der Waals surface area contributed by atoms with Crippen molar-refractivity contribution in [3.05, 3.63) is 54.6 Å². The zero-order valence-corrected chi connectivity index (χ0v) is 17.6. The highest BCUT2D eigenvalue weighted by Crippen LogP contribution is 2.66. The highest BCUT2D eigenvalue weighted by atomic mass is 32.2. The molecular formula is C24H29NO2S. The molecule has 3 nitrogen and oxygen atoms in total. The predicted molar refractivity (Wildman–Crippen MR) is 112 cm³/mol. The van der Waals surface area contributed by atoms with E-state index in [0.29, 0.717) is 10.8 Å². The Balaban J connectivity index is 1.42. The lowest BCUT2D eigenvalue weighted by Gasteiger charge is -2.65. The summed E-state index contributed by atoms with van der Waals surface area (Å²) in [5, 5.41) is 0. The Kier molecular flexibility index (Phi) is 3.89. The van der Waals surface area contributed by atoms with Gasteiger partial charge in [0, 0.05) is 5.54 Å². The van der Waals surface area contributed by atoms with Crippen LogP contribution in [0.15, 0.2) is 59.5 Å².